The zero-order valence-corrected chi connectivity index (χ0v) is 12.9. The van der Waals surface area contributed by atoms with Gasteiger partial charge in [-0.1, -0.05) is 41.5 Å². The van der Waals surface area contributed by atoms with Crippen molar-refractivity contribution < 1.29 is 9.59 Å². The summed E-state index contributed by atoms with van der Waals surface area (Å²) < 4.78 is 0. The Hall–Kier alpha value is -0.310. The van der Waals surface area contributed by atoms with Gasteiger partial charge in [0.1, 0.15) is 11.6 Å². The highest BCUT2D eigenvalue weighted by Crippen LogP contribution is 2.20. The Balaban J connectivity index is 3.68. The van der Waals surface area contributed by atoms with Crippen LogP contribution in [0.3, 0.4) is 0 Å². The van der Waals surface area contributed by atoms with E-state index in [1.54, 1.807) is 11.8 Å². The van der Waals surface area contributed by atoms with Crippen molar-refractivity contribution in [2.45, 2.75) is 54.4 Å². The van der Waals surface area contributed by atoms with Gasteiger partial charge in [0, 0.05) is 35.2 Å². The number of hydrogen-bond acceptors (Lipinski definition) is 3. The van der Waals surface area contributed by atoms with E-state index in [2.05, 4.69) is 0 Å². The van der Waals surface area contributed by atoms with Crippen molar-refractivity contribution in [3.8, 4) is 0 Å². The molecule has 0 aliphatic rings. The Labute approximate surface area is 110 Å². The minimum atomic E-state index is -0.234. The van der Waals surface area contributed by atoms with E-state index < -0.39 is 0 Å². The molecule has 0 aliphatic heterocycles. The van der Waals surface area contributed by atoms with Crippen molar-refractivity contribution in [1.82, 2.24) is 0 Å². The molecular formula is C14H26O2S. The lowest BCUT2D eigenvalue weighted by molar-refractivity contribution is -0.126. The molecule has 0 aromatic heterocycles. The maximum absolute atomic E-state index is 11.6. The van der Waals surface area contributed by atoms with E-state index in [9.17, 15) is 9.59 Å². The minimum absolute atomic E-state index is 0.234. The SMILES string of the molecule is CC(C)(C)C(=O)CCSCCC(=O)C(C)(C)C. The molecule has 0 spiro atoms. The zero-order valence-electron chi connectivity index (χ0n) is 12.1. The summed E-state index contributed by atoms with van der Waals surface area (Å²) in [6, 6.07) is 0. The van der Waals surface area contributed by atoms with Crippen molar-refractivity contribution in [3.05, 3.63) is 0 Å². The van der Waals surface area contributed by atoms with Crippen LogP contribution in [-0.2, 0) is 9.59 Å². The molecule has 17 heavy (non-hydrogen) atoms. The van der Waals surface area contributed by atoms with Gasteiger partial charge in [-0.05, 0) is 0 Å². The summed E-state index contributed by atoms with van der Waals surface area (Å²) in [6.07, 6.45) is 1.22. The smallest absolute Gasteiger partial charge is 0.139 e. The number of rotatable bonds is 6. The van der Waals surface area contributed by atoms with Crippen molar-refractivity contribution >= 4 is 23.3 Å². The third-order valence-corrected chi connectivity index (χ3v) is 3.61. The third-order valence-electron chi connectivity index (χ3n) is 2.62. The van der Waals surface area contributed by atoms with Gasteiger partial charge in [-0.15, -0.1) is 0 Å². The summed E-state index contributed by atoms with van der Waals surface area (Å²) in [7, 11) is 0. The average Bonchev–Trinajstić information content (AvgIpc) is 2.13. The largest absolute Gasteiger partial charge is 0.299 e. The molecule has 0 atom stereocenters. The molecule has 0 heterocycles. The van der Waals surface area contributed by atoms with Gasteiger partial charge < -0.3 is 0 Å². The second-order valence-corrected chi connectivity index (χ2v) is 7.68. The predicted octanol–water partition coefficient (Wildman–Crippen LogP) is 3.73. The van der Waals surface area contributed by atoms with Crippen LogP contribution in [0.25, 0.3) is 0 Å². The van der Waals surface area contributed by atoms with Crippen LogP contribution in [0.4, 0.5) is 0 Å². The molecule has 0 aromatic rings. The van der Waals surface area contributed by atoms with Crippen LogP contribution in [0.5, 0.6) is 0 Å². The average molecular weight is 258 g/mol. The fourth-order valence-corrected chi connectivity index (χ4v) is 2.05. The quantitative estimate of drug-likeness (QED) is 0.681. The van der Waals surface area contributed by atoms with Gasteiger partial charge in [-0.3, -0.25) is 9.59 Å². The maximum atomic E-state index is 11.6. The van der Waals surface area contributed by atoms with Crippen LogP contribution in [-0.4, -0.2) is 23.1 Å². The van der Waals surface area contributed by atoms with Crippen LogP contribution in [0.2, 0.25) is 0 Å². The highest BCUT2D eigenvalue weighted by Gasteiger charge is 2.21. The summed E-state index contributed by atoms with van der Waals surface area (Å²) in [5.74, 6) is 2.25. The van der Waals surface area contributed by atoms with Crippen LogP contribution < -0.4 is 0 Å². The molecule has 2 nitrogen and oxygen atoms in total. The highest BCUT2D eigenvalue weighted by molar-refractivity contribution is 7.99. The van der Waals surface area contributed by atoms with E-state index in [-0.39, 0.29) is 10.8 Å². The molecule has 0 unspecified atom stereocenters. The van der Waals surface area contributed by atoms with E-state index in [0.717, 1.165) is 11.5 Å². The standard InChI is InChI=1S/C14H26O2S/c1-13(2,3)11(15)7-9-17-10-8-12(16)14(4,5)6/h7-10H2,1-6H3. The van der Waals surface area contributed by atoms with Crippen LogP contribution in [0.1, 0.15) is 54.4 Å². The van der Waals surface area contributed by atoms with Gasteiger partial charge in [0.2, 0.25) is 0 Å². The highest BCUT2D eigenvalue weighted by atomic mass is 32.2. The van der Waals surface area contributed by atoms with Gasteiger partial charge in [0.15, 0.2) is 0 Å². The Morgan fingerprint density at radius 3 is 1.29 bits per heavy atom. The predicted molar refractivity (Wildman–Crippen MR) is 75.5 cm³/mol. The summed E-state index contributed by atoms with van der Waals surface area (Å²) >= 11 is 1.70. The molecule has 0 N–H and O–H groups in total. The van der Waals surface area contributed by atoms with Crippen molar-refractivity contribution in [3.63, 3.8) is 0 Å². The minimum Gasteiger partial charge on any atom is -0.299 e. The third kappa shape index (κ3) is 7.58. The fourth-order valence-electron chi connectivity index (χ4n) is 1.18. The molecule has 0 bridgehead atoms. The Morgan fingerprint density at radius 1 is 0.765 bits per heavy atom. The molecular weight excluding hydrogens is 232 g/mol. The van der Waals surface area contributed by atoms with Crippen molar-refractivity contribution in [2.75, 3.05) is 11.5 Å². The fraction of sp³-hybridized carbons (Fsp3) is 0.857. The number of Topliss-reactive ketones (excluding diaryl/α,β-unsaturated/α-hetero) is 2. The summed E-state index contributed by atoms with van der Waals surface area (Å²) in [5, 5.41) is 0. The van der Waals surface area contributed by atoms with E-state index in [1.165, 1.54) is 0 Å². The monoisotopic (exact) mass is 258 g/mol. The molecule has 0 saturated heterocycles. The van der Waals surface area contributed by atoms with Crippen molar-refractivity contribution in [1.29, 1.82) is 0 Å². The zero-order chi connectivity index (χ0) is 13.7. The van der Waals surface area contributed by atoms with E-state index in [4.69, 9.17) is 0 Å². The molecule has 0 fully saturated rings. The summed E-state index contributed by atoms with van der Waals surface area (Å²) in [4.78, 5) is 23.3. The van der Waals surface area contributed by atoms with Crippen LogP contribution in [0.15, 0.2) is 0 Å². The summed E-state index contributed by atoms with van der Waals surface area (Å²) in [6.45, 7) is 11.7. The van der Waals surface area contributed by atoms with E-state index in [0.29, 0.717) is 24.4 Å². The lowest BCUT2D eigenvalue weighted by Gasteiger charge is -2.17. The Bertz CT molecular complexity index is 241. The van der Waals surface area contributed by atoms with Gasteiger partial charge in [-0.25, -0.2) is 0 Å². The lowest BCUT2D eigenvalue weighted by Crippen LogP contribution is -2.21. The first kappa shape index (κ1) is 16.7. The molecule has 3 heteroatoms. The van der Waals surface area contributed by atoms with Crippen molar-refractivity contribution in [2.24, 2.45) is 10.8 Å². The molecule has 100 valence electrons. The van der Waals surface area contributed by atoms with Crippen LogP contribution in [0, 0.1) is 10.8 Å². The first-order valence-corrected chi connectivity index (χ1v) is 7.35. The molecule has 0 aliphatic carbocycles. The molecule has 0 saturated carbocycles. The molecule has 0 rings (SSSR count). The maximum Gasteiger partial charge on any atom is 0.139 e. The molecule has 0 radical (unpaired) electrons. The first-order chi connectivity index (χ1) is 7.55. The van der Waals surface area contributed by atoms with Gasteiger partial charge in [-0.2, -0.15) is 11.8 Å². The second-order valence-electron chi connectivity index (χ2n) is 6.46. The Morgan fingerprint density at radius 2 is 1.06 bits per heavy atom. The molecule has 0 amide bonds. The lowest BCUT2D eigenvalue weighted by atomic mass is 9.89. The summed E-state index contributed by atoms with van der Waals surface area (Å²) in [5.41, 5.74) is -0.469. The van der Waals surface area contributed by atoms with E-state index >= 15 is 0 Å². The number of hydrogen-bond donors (Lipinski definition) is 0. The first-order valence-electron chi connectivity index (χ1n) is 6.19. The van der Waals surface area contributed by atoms with Crippen LogP contribution >= 0.6 is 11.8 Å². The number of ketones is 2. The second kappa shape index (κ2) is 6.58. The van der Waals surface area contributed by atoms with Gasteiger partial charge in [0.05, 0.1) is 0 Å². The number of carbonyl (C=O) groups excluding carboxylic acids is 2. The van der Waals surface area contributed by atoms with E-state index in [1.807, 2.05) is 41.5 Å². The number of carbonyl (C=O) groups is 2. The Kier molecular flexibility index (Phi) is 6.46. The number of thioether (sulfide) groups is 1. The molecule has 0 aromatic carbocycles. The normalized spacial score (nSPS) is 12.6. The van der Waals surface area contributed by atoms with Gasteiger partial charge >= 0.3 is 0 Å². The topological polar surface area (TPSA) is 34.1 Å². The van der Waals surface area contributed by atoms with Gasteiger partial charge in [0.25, 0.3) is 0 Å².